The summed E-state index contributed by atoms with van der Waals surface area (Å²) in [5.74, 6) is -0.872. The number of fused-ring (bicyclic) bond motifs is 4. The molecule has 113 heavy (non-hydrogen) atoms. The number of para-hydroxylation sites is 1. The van der Waals surface area contributed by atoms with Gasteiger partial charge in [0.15, 0.2) is 75.1 Å². The molecule has 0 aliphatic heterocycles. The number of pyridine rings is 3. The van der Waals surface area contributed by atoms with Crippen LogP contribution in [0.2, 0.25) is 0 Å². The van der Waals surface area contributed by atoms with Crippen LogP contribution in [0.25, 0.3) is 90.0 Å². The Balaban J connectivity index is 0.000000132. The zero-order chi connectivity index (χ0) is 79.7. The van der Waals surface area contributed by atoms with Crippen molar-refractivity contribution in [3.05, 3.63) is 240 Å². The summed E-state index contributed by atoms with van der Waals surface area (Å²) in [6, 6.07) is 49.4. The molecule has 0 atom stereocenters. The van der Waals surface area contributed by atoms with Gasteiger partial charge < -0.3 is 58.9 Å². The summed E-state index contributed by atoms with van der Waals surface area (Å²) in [5.41, 5.74) is 42.9. The van der Waals surface area contributed by atoms with Crippen LogP contribution in [0, 0.1) is 23.3 Å². The number of furan rings is 1. The molecule has 570 valence electrons. The monoisotopic (exact) mass is 1530 g/mol. The molecule has 0 radical (unpaired) electrons. The van der Waals surface area contributed by atoms with Gasteiger partial charge >= 0.3 is 6.09 Å². The second kappa shape index (κ2) is 33.0. The minimum atomic E-state index is -0.805. The van der Waals surface area contributed by atoms with Crippen molar-refractivity contribution in [1.29, 1.82) is 0 Å². The number of nitrogens with zero attached hydrogens (tertiary/aromatic N) is 18. The molecular weight excluding hydrogens is 1460 g/mol. The van der Waals surface area contributed by atoms with E-state index < -0.39 is 17.7 Å². The molecule has 0 bridgehead atoms. The van der Waals surface area contributed by atoms with Gasteiger partial charge in [0.25, 0.3) is 0 Å². The van der Waals surface area contributed by atoms with E-state index in [-0.39, 0.29) is 136 Å². The fourth-order valence-corrected chi connectivity index (χ4v) is 11.9. The average molecular weight is 1530 g/mol. The normalized spacial score (nSPS) is 11.0. The van der Waals surface area contributed by atoms with Gasteiger partial charge in [0.2, 0.25) is 11.8 Å². The lowest BCUT2D eigenvalue weighted by atomic mass is 10.2. The number of halogens is 4. The van der Waals surface area contributed by atoms with Crippen LogP contribution in [0.4, 0.5) is 74.3 Å². The van der Waals surface area contributed by atoms with Crippen molar-refractivity contribution in [2.45, 2.75) is 46.6 Å². The number of hydrogen-bond acceptors (Lipinski definition) is 25. The fourth-order valence-electron chi connectivity index (χ4n) is 11.9. The molecule has 15 N–H and O–H groups in total. The number of aromatic nitrogens is 17. The molecular formula is C77H68F4N26O6. The number of aliphatic hydroxyl groups excluding tert-OH is 1. The van der Waals surface area contributed by atoms with Crippen molar-refractivity contribution in [1.82, 2.24) is 84.0 Å². The number of nitrogen functional groups attached to an aromatic ring is 6. The van der Waals surface area contributed by atoms with Gasteiger partial charge in [0.1, 0.15) is 75.5 Å². The topological polar surface area (TPSA) is 465 Å². The highest BCUT2D eigenvalue weighted by Crippen LogP contribution is 2.36. The Morgan fingerprint density at radius 3 is 1.36 bits per heavy atom. The molecule has 5 aromatic carbocycles. The van der Waals surface area contributed by atoms with E-state index in [0.29, 0.717) is 68.2 Å². The van der Waals surface area contributed by atoms with Crippen LogP contribution in [0.5, 0.6) is 0 Å². The first-order chi connectivity index (χ1) is 54.5. The van der Waals surface area contributed by atoms with Gasteiger partial charge in [-0.3, -0.25) is 19.6 Å². The molecule has 0 unspecified atom stereocenters. The van der Waals surface area contributed by atoms with Gasteiger partial charge in [-0.15, -0.1) is 0 Å². The van der Waals surface area contributed by atoms with Crippen LogP contribution in [0.15, 0.2) is 193 Å². The van der Waals surface area contributed by atoms with Gasteiger partial charge in [-0.25, -0.2) is 81.3 Å². The molecule has 3 amide bonds. The molecule has 0 spiro atoms. The largest absolute Gasteiger partial charge is 0.457 e. The first-order valence-electron chi connectivity index (χ1n) is 34.2. The van der Waals surface area contributed by atoms with Crippen LogP contribution < -0.4 is 49.9 Å². The first kappa shape index (κ1) is 75.9. The van der Waals surface area contributed by atoms with Crippen molar-refractivity contribution in [2.24, 2.45) is 0 Å². The van der Waals surface area contributed by atoms with E-state index in [2.05, 4.69) is 93.7 Å². The Morgan fingerprint density at radius 1 is 0.478 bits per heavy atom. The smallest absolute Gasteiger partial charge is 0.411 e. The van der Waals surface area contributed by atoms with Crippen molar-refractivity contribution in [3.63, 3.8) is 0 Å². The number of carbonyl (C=O) groups is 3. The SMILES string of the molecule is CC(=O)N(C)c1c(N)nc(-c2nn(Cc3ccccc3F)c3ncccc23)nc1N.CC(=O)Nc1c(N)nc(-c2nn(Cc3ccccc3F)c3ncccc23)nc1N.COC(=O)Nc1c(N)nc(-c2nn(Cc3ccccc3F)c3ncc(F)cc23)nc1N.OCc1ccc(-c2nn(Cc3ccccc3)c3ccccc23)o1. The number of methoxy groups -OCH3 is 1. The lowest BCUT2D eigenvalue weighted by Gasteiger charge is -2.18. The molecule has 0 saturated heterocycles. The molecule has 0 aliphatic carbocycles. The molecule has 32 nitrogen and oxygen atoms in total. The van der Waals surface area contributed by atoms with Gasteiger partial charge in [0.05, 0.1) is 61.2 Å². The van der Waals surface area contributed by atoms with E-state index >= 15 is 0 Å². The highest BCUT2D eigenvalue weighted by Gasteiger charge is 2.26. The van der Waals surface area contributed by atoms with E-state index in [4.69, 9.17) is 43.9 Å². The third-order valence-corrected chi connectivity index (χ3v) is 17.3. The van der Waals surface area contributed by atoms with E-state index in [1.807, 2.05) is 53.2 Å². The molecule has 0 saturated carbocycles. The predicted octanol–water partition coefficient (Wildman–Crippen LogP) is 10.8. The van der Waals surface area contributed by atoms with Gasteiger partial charge in [0, 0.05) is 55.4 Å². The second-order valence-corrected chi connectivity index (χ2v) is 24.9. The maximum atomic E-state index is 14.1. The molecule has 16 aromatic rings. The number of ether oxygens (including phenoxy) is 1. The number of rotatable bonds is 16. The molecule has 0 aliphatic rings. The zero-order valence-corrected chi connectivity index (χ0v) is 60.4. The van der Waals surface area contributed by atoms with Crippen LogP contribution in [-0.4, -0.2) is 121 Å². The summed E-state index contributed by atoms with van der Waals surface area (Å²) < 4.78 is 73.0. The second-order valence-electron chi connectivity index (χ2n) is 24.9. The van der Waals surface area contributed by atoms with E-state index in [1.165, 1.54) is 67.4 Å². The number of benzene rings is 5. The Morgan fingerprint density at radius 2 is 0.903 bits per heavy atom. The van der Waals surface area contributed by atoms with Gasteiger partial charge in [-0.05, 0) is 72.3 Å². The maximum Gasteiger partial charge on any atom is 0.411 e. The lowest BCUT2D eigenvalue weighted by molar-refractivity contribution is -0.116. The van der Waals surface area contributed by atoms with Crippen LogP contribution in [0.1, 0.15) is 41.9 Å². The summed E-state index contributed by atoms with van der Waals surface area (Å²) in [7, 11) is 2.71. The Kier molecular flexibility index (Phi) is 22.2. The Labute approximate surface area is 637 Å². The Bertz CT molecular complexity index is 6180. The third-order valence-electron chi connectivity index (χ3n) is 17.3. The number of aliphatic hydroxyl groups is 1. The van der Waals surface area contributed by atoms with Crippen molar-refractivity contribution in [3.8, 4) is 46.0 Å². The summed E-state index contributed by atoms with van der Waals surface area (Å²) >= 11 is 0. The number of anilines is 9. The fraction of sp³-hybridized carbons (Fsp3) is 0.117. The minimum Gasteiger partial charge on any atom is -0.457 e. The van der Waals surface area contributed by atoms with Crippen molar-refractivity contribution < 1.29 is 46.2 Å². The summed E-state index contributed by atoms with van der Waals surface area (Å²) in [4.78, 5) is 73.9. The molecule has 16 rings (SSSR count). The predicted molar refractivity (Wildman–Crippen MR) is 417 cm³/mol. The van der Waals surface area contributed by atoms with Crippen molar-refractivity contribution >= 4 is 114 Å². The number of nitrogens with one attached hydrogen (secondary N) is 2. The van der Waals surface area contributed by atoms with Crippen molar-refractivity contribution in [2.75, 3.05) is 64.1 Å². The van der Waals surface area contributed by atoms with Crippen LogP contribution in [-0.2, 0) is 47.1 Å². The lowest BCUT2D eigenvalue weighted by Crippen LogP contribution is -2.26. The summed E-state index contributed by atoms with van der Waals surface area (Å²) in [6.07, 6.45) is 3.47. The maximum absolute atomic E-state index is 14.1. The highest BCUT2D eigenvalue weighted by molar-refractivity contribution is 6.00. The molecule has 11 aromatic heterocycles. The summed E-state index contributed by atoms with van der Waals surface area (Å²) in [5, 5.41) is 34.9. The van der Waals surface area contributed by atoms with E-state index in [1.54, 1.807) is 101 Å². The van der Waals surface area contributed by atoms with E-state index in [0.717, 1.165) is 22.8 Å². The number of carbonyl (C=O) groups excluding carboxylic acids is 3. The average Bonchev–Trinajstić information content (AvgIpc) is 1.75. The quantitative estimate of drug-likeness (QED) is 0.0406. The number of hydrogen-bond donors (Lipinski definition) is 9. The van der Waals surface area contributed by atoms with E-state index in [9.17, 15) is 37.1 Å². The van der Waals surface area contributed by atoms with Gasteiger partial charge in [-0.1, -0.05) is 103 Å². The van der Waals surface area contributed by atoms with Crippen LogP contribution in [0.3, 0.4) is 0 Å². The molecule has 11 heterocycles. The minimum absolute atomic E-state index is 0.0170. The van der Waals surface area contributed by atoms with Gasteiger partial charge in [-0.2, -0.15) is 20.4 Å². The number of nitrogens with two attached hydrogens (primary N) is 6. The summed E-state index contributed by atoms with van der Waals surface area (Å²) in [6.45, 7) is 3.70. The third kappa shape index (κ3) is 16.6. The standard InChI is InChI=1S/C20H19FN8O.C19H16F2N8O2.C19H17FN8O.C19H16N2O2/c1-11(30)28(2)16-17(22)25-19(26-18(16)23)15-13-7-5-9-24-20(13)29(27-15)10-12-6-3-4-8-14(12)21;1-31-19(30)25-14-15(22)26-17(27-16(14)23)13-11-6-10(20)7-24-18(11)29(28-13)8-9-4-2-3-5-12(9)21;1-10(29)24-15-16(21)25-18(26-17(15)22)14-12-6-4-8-23-19(12)28(27-14)9-11-5-2-3-7-13(11)20;22-13-15-10-11-18(23-15)19-16-8-4-5-9-17(16)21(20-19)12-14-6-2-1-3-7-14/h3-9H,10H2,1-2H3,(H4,22,23,25,26);2-7H,8H2,1H3,(H,25,30)(H4,22,23,26,27);2-8H,9H2,1H3,(H,24,29)(H4,21,22,25,26);1-11,22H,12-13H2. The molecule has 0 fully saturated rings. The Hall–Kier alpha value is -15.4. The molecule has 36 heteroatoms. The first-order valence-corrected chi connectivity index (χ1v) is 34.2. The van der Waals surface area contributed by atoms with Crippen LogP contribution >= 0.6 is 0 Å². The number of amides is 3. The highest BCUT2D eigenvalue weighted by atomic mass is 19.1. The zero-order valence-electron chi connectivity index (χ0n) is 60.4.